The van der Waals surface area contributed by atoms with Crippen LogP contribution in [0.15, 0.2) is 0 Å². The summed E-state index contributed by atoms with van der Waals surface area (Å²) in [6, 6.07) is 0. The molecular formula is C10H19ClN2O. The third-order valence-corrected chi connectivity index (χ3v) is 3.12. The summed E-state index contributed by atoms with van der Waals surface area (Å²) >= 11 is 5.74. The van der Waals surface area contributed by atoms with Gasteiger partial charge in [0.25, 0.3) is 0 Å². The third-order valence-electron chi connectivity index (χ3n) is 2.68. The summed E-state index contributed by atoms with van der Waals surface area (Å²) < 4.78 is 0. The van der Waals surface area contributed by atoms with Crippen molar-refractivity contribution in [2.75, 3.05) is 25.5 Å². The van der Waals surface area contributed by atoms with Gasteiger partial charge in [-0.15, -0.1) is 11.6 Å². The SMILES string of the molecule is CC(C)(CN)CN1CC(CCl)CC1=O. The number of alkyl halides is 1. The minimum atomic E-state index is 0.0108. The average Bonchev–Trinajstić information content (AvgIpc) is 2.47. The van der Waals surface area contributed by atoms with Gasteiger partial charge in [0.2, 0.25) is 5.91 Å². The van der Waals surface area contributed by atoms with Crippen LogP contribution >= 0.6 is 11.6 Å². The van der Waals surface area contributed by atoms with Crippen molar-refractivity contribution < 1.29 is 4.79 Å². The van der Waals surface area contributed by atoms with Gasteiger partial charge < -0.3 is 10.6 Å². The summed E-state index contributed by atoms with van der Waals surface area (Å²) in [4.78, 5) is 13.5. The minimum Gasteiger partial charge on any atom is -0.342 e. The first-order valence-corrected chi connectivity index (χ1v) is 5.56. The zero-order valence-corrected chi connectivity index (χ0v) is 9.68. The van der Waals surface area contributed by atoms with Gasteiger partial charge in [-0.3, -0.25) is 4.79 Å². The molecule has 1 amide bonds. The van der Waals surface area contributed by atoms with Crippen LogP contribution in [0.25, 0.3) is 0 Å². The van der Waals surface area contributed by atoms with E-state index in [-0.39, 0.29) is 11.3 Å². The van der Waals surface area contributed by atoms with Crippen molar-refractivity contribution in [1.82, 2.24) is 4.90 Å². The highest BCUT2D eigenvalue weighted by Crippen LogP contribution is 2.23. The maximum Gasteiger partial charge on any atom is 0.222 e. The van der Waals surface area contributed by atoms with Crippen LogP contribution in [0, 0.1) is 11.3 Å². The molecule has 0 aromatic carbocycles. The number of nitrogens with zero attached hydrogens (tertiary/aromatic N) is 1. The van der Waals surface area contributed by atoms with Gasteiger partial charge >= 0.3 is 0 Å². The van der Waals surface area contributed by atoms with E-state index in [4.69, 9.17) is 17.3 Å². The Bertz CT molecular complexity index is 218. The number of carbonyl (C=O) groups is 1. The van der Waals surface area contributed by atoms with Crippen molar-refractivity contribution in [3.05, 3.63) is 0 Å². The molecule has 1 rings (SSSR count). The Morgan fingerprint density at radius 2 is 2.29 bits per heavy atom. The molecule has 0 aliphatic carbocycles. The number of carbonyl (C=O) groups excluding carboxylic acids is 1. The maximum atomic E-state index is 11.6. The van der Waals surface area contributed by atoms with E-state index in [1.165, 1.54) is 0 Å². The summed E-state index contributed by atoms with van der Waals surface area (Å²) in [5.41, 5.74) is 5.64. The molecular weight excluding hydrogens is 200 g/mol. The summed E-state index contributed by atoms with van der Waals surface area (Å²) in [6.07, 6.45) is 0.601. The molecule has 1 aliphatic rings. The van der Waals surface area contributed by atoms with Gasteiger partial charge in [-0.05, 0) is 17.9 Å². The summed E-state index contributed by atoms with van der Waals surface area (Å²) in [6.45, 7) is 6.30. The second-order valence-corrected chi connectivity index (χ2v) is 5.18. The van der Waals surface area contributed by atoms with Gasteiger partial charge in [-0.1, -0.05) is 13.8 Å². The molecule has 1 saturated heterocycles. The molecule has 0 aromatic heterocycles. The number of nitrogens with two attached hydrogens (primary N) is 1. The van der Waals surface area contributed by atoms with E-state index in [0.717, 1.165) is 13.1 Å². The van der Waals surface area contributed by atoms with Gasteiger partial charge in [0.1, 0.15) is 0 Å². The zero-order valence-electron chi connectivity index (χ0n) is 8.92. The quantitative estimate of drug-likeness (QED) is 0.718. The van der Waals surface area contributed by atoms with Crippen molar-refractivity contribution >= 4 is 17.5 Å². The van der Waals surface area contributed by atoms with Crippen LogP contribution in [-0.4, -0.2) is 36.3 Å². The fourth-order valence-electron chi connectivity index (χ4n) is 1.69. The highest BCUT2D eigenvalue weighted by Gasteiger charge is 2.32. The van der Waals surface area contributed by atoms with E-state index < -0.39 is 0 Å². The molecule has 1 atom stereocenters. The number of likely N-dealkylation sites (tertiary alicyclic amines) is 1. The maximum absolute atomic E-state index is 11.6. The Kier molecular flexibility index (Phi) is 3.78. The Labute approximate surface area is 90.6 Å². The van der Waals surface area contributed by atoms with Crippen LogP contribution < -0.4 is 5.73 Å². The van der Waals surface area contributed by atoms with Gasteiger partial charge in [0.15, 0.2) is 0 Å². The van der Waals surface area contributed by atoms with Crippen LogP contribution in [0.2, 0.25) is 0 Å². The number of hydrogen-bond donors (Lipinski definition) is 1. The Balaban J connectivity index is 2.50. The molecule has 1 aliphatic heterocycles. The number of hydrogen-bond acceptors (Lipinski definition) is 2. The Hall–Kier alpha value is -0.280. The first kappa shape index (κ1) is 11.8. The fraction of sp³-hybridized carbons (Fsp3) is 0.900. The smallest absolute Gasteiger partial charge is 0.222 e. The summed E-state index contributed by atoms with van der Waals surface area (Å²) in [5.74, 6) is 1.13. The van der Waals surface area contributed by atoms with E-state index in [1.807, 2.05) is 4.90 Å². The molecule has 14 heavy (non-hydrogen) atoms. The summed E-state index contributed by atoms with van der Waals surface area (Å²) in [5, 5.41) is 0. The van der Waals surface area contributed by atoms with E-state index in [0.29, 0.717) is 24.8 Å². The van der Waals surface area contributed by atoms with E-state index in [1.54, 1.807) is 0 Å². The van der Waals surface area contributed by atoms with Crippen LogP contribution in [0.3, 0.4) is 0 Å². The van der Waals surface area contributed by atoms with Crippen molar-refractivity contribution in [2.45, 2.75) is 20.3 Å². The van der Waals surface area contributed by atoms with Gasteiger partial charge in [0.05, 0.1) is 0 Å². The molecule has 1 unspecified atom stereocenters. The lowest BCUT2D eigenvalue weighted by molar-refractivity contribution is -0.128. The average molecular weight is 219 g/mol. The minimum absolute atomic E-state index is 0.0108. The van der Waals surface area contributed by atoms with Crippen molar-refractivity contribution in [1.29, 1.82) is 0 Å². The van der Waals surface area contributed by atoms with Crippen LogP contribution in [0.4, 0.5) is 0 Å². The zero-order chi connectivity index (χ0) is 10.8. The van der Waals surface area contributed by atoms with Crippen LogP contribution in [-0.2, 0) is 4.79 Å². The lowest BCUT2D eigenvalue weighted by Crippen LogP contribution is -2.39. The fourth-order valence-corrected chi connectivity index (χ4v) is 1.90. The third kappa shape index (κ3) is 2.85. The van der Waals surface area contributed by atoms with E-state index in [2.05, 4.69) is 13.8 Å². The predicted molar refractivity (Wildman–Crippen MR) is 58.2 cm³/mol. The molecule has 4 heteroatoms. The van der Waals surface area contributed by atoms with Gasteiger partial charge in [-0.2, -0.15) is 0 Å². The first-order chi connectivity index (χ1) is 6.48. The van der Waals surface area contributed by atoms with E-state index in [9.17, 15) is 4.79 Å². The largest absolute Gasteiger partial charge is 0.342 e. The highest BCUT2D eigenvalue weighted by molar-refractivity contribution is 6.18. The summed E-state index contributed by atoms with van der Waals surface area (Å²) in [7, 11) is 0. The van der Waals surface area contributed by atoms with Crippen LogP contribution in [0.1, 0.15) is 20.3 Å². The molecule has 1 fully saturated rings. The molecule has 0 bridgehead atoms. The first-order valence-electron chi connectivity index (χ1n) is 5.02. The molecule has 0 aromatic rings. The second-order valence-electron chi connectivity index (χ2n) is 4.87. The highest BCUT2D eigenvalue weighted by atomic mass is 35.5. The second kappa shape index (κ2) is 4.49. The molecule has 0 saturated carbocycles. The van der Waals surface area contributed by atoms with Crippen molar-refractivity contribution in [3.63, 3.8) is 0 Å². The van der Waals surface area contributed by atoms with Gasteiger partial charge in [0, 0.05) is 25.4 Å². The molecule has 3 nitrogen and oxygen atoms in total. The lowest BCUT2D eigenvalue weighted by atomic mass is 9.93. The monoisotopic (exact) mass is 218 g/mol. The Morgan fingerprint density at radius 3 is 2.71 bits per heavy atom. The van der Waals surface area contributed by atoms with Crippen LogP contribution in [0.5, 0.6) is 0 Å². The number of halogens is 1. The molecule has 0 spiro atoms. The van der Waals surface area contributed by atoms with Crippen molar-refractivity contribution in [3.8, 4) is 0 Å². The predicted octanol–water partition coefficient (Wildman–Crippen LogP) is 1.06. The molecule has 82 valence electrons. The topological polar surface area (TPSA) is 46.3 Å². The Morgan fingerprint density at radius 1 is 1.64 bits per heavy atom. The lowest BCUT2D eigenvalue weighted by Gasteiger charge is -2.28. The number of rotatable bonds is 4. The van der Waals surface area contributed by atoms with E-state index >= 15 is 0 Å². The normalized spacial score (nSPS) is 23.3. The molecule has 0 radical (unpaired) electrons. The molecule has 2 N–H and O–H groups in total. The number of amides is 1. The van der Waals surface area contributed by atoms with Gasteiger partial charge in [-0.25, -0.2) is 0 Å². The molecule has 1 heterocycles. The van der Waals surface area contributed by atoms with Crippen molar-refractivity contribution in [2.24, 2.45) is 17.1 Å². The standard InChI is InChI=1S/C10H19ClN2O/c1-10(2,6-12)7-13-5-8(4-11)3-9(13)14/h8H,3-7,12H2,1-2H3.